The molecule has 0 aromatic heterocycles. The summed E-state index contributed by atoms with van der Waals surface area (Å²) >= 11 is 0. The van der Waals surface area contributed by atoms with E-state index in [4.69, 9.17) is 4.74 Å². The first kappa shape index (κ1) is 16.6. The van der Waals surface area contributed by atoms with Gasteiger partial charge in [-0.05, 0) is 24.1 Å². The molecule has 1 aliphatic heterocycles. The highest BCUT2D eigenvalue weighted by molar-refractivity contribution is 5.86. The summed E-state index contributed by atoms with van der Waals surface area (Å²) in [6.07, 6.45) is 6.33. The number of nitrogens with zero attached hydrogens (tertiary/aromatic N) is 2. The van der Waals surface area contributed by atoms with Crippen LogP contribution in [0.1, 0.15) is 18.1 Å². The highest BCUT2D eigenvalue weighted by atomic mass is 16.6. The van der Waals surface area contributed by atoms with E-state index in [1.54, 1.807) is 19.2 Å². The summed E-state index contributed by atoms with van der Waals surface area (Å²) in [5.74, 6) is -0.379. The maximum Gasteiger partial charge on any atom is 0.415 e. The van der Waals surface area contributed by atoms with E-state index in [-0.39, 0.29) is 12.1 Å². The van der Waals surface area contributed by atoms with Gasteiger partial charge in [0.15, 0.2) is 0 Å². The van der Waals surface area contributed by atoms with Gasteiger partial charge >= 0.3 is 12.1 Å². The minimum atomic E-state index is -0.379. The molecule has 1 aromatic rings. The number of rotatable bonds is 5. The number of amides is 1. The third kappa shape index (κ3) is 4.88. The number of hydrogen-bond acceptors (Lipinski definition) is 5. The molecule has 2 rings (SSSR count). The molecule has 6 heteroatoms. The first-order valence-corrected chi connectivity index (χ1v) is 7.33. The molecule has 0 saturated carbocycles. The van der Waals surface area contributed by atoms with Gasteiger partial charge in [0.2, 0.25) is 0 Å². The topological polar surface area (TPSA) is 59.1 Å². The molecule has 0 saturated heterocycles. The quantitative estimate of drug-likeness (QED) is 0.617. The maximum absolute atomic E-state index is 11.6. The van der Waals surface area contributed by atoms with Crippen molar-refractivity contribution in [3.05, 3.63) is 53.9 Å². The summed E-state index contributed by atoms with van der Waals surface area (Å²) < 4.78 is 9.51. The zero-order valence-corrected chi connectivity index (χ0v) is 13.3. The van der Waals surface area contributed by atoms with Gasteiger partial charge in [-0.1, -0.05) is 24.3 Å². The largest absolute Gasteiger partial charge is 0.466 e. The molecule has 0 N–H and O–H groups in total. The second-order valence-electron chi connectivity index (χ2n) is 4.95. The Morgan fingerprint density at radius 2 is 1.96 bits per heavy atom. The van der Waals surface area contributed by atoms with Crippen LogP contribution in [0.5, 0.6) is 0 Å². The van der Waals surface area contributed by atoms with Crippen molar-refractivity contribution >= 4 is 18.1 Å². The standard InChI is InChI=1S/C17H20N2O4/c1-3-23-17(21)19-11-10-18(13-19)12-15-6-4-14(5-7-15)8-9-16(20)22-2/h4-11H,3,12-13H2,1-2H3. The zero-order chi connectivity index (χ0) is 16.7. The molecule has 1 aliphatic rings. The van der Waals surface area contributed by atoms with Crippen LogP contribution in [0.15, 0.2) is 42.7 Å². The van der Waals surface area contributed by atoms with Gasteiger partial charge in [-0.2, -0.15) is 0 Å². The van der Waals surface area contributed by atoms with Gasteiger partial charge in [-0.3, -0.25) is 4.90 Å². The Kier molecular flexibility index (Phi) is 5.80. The van der Waals surface area contributed by atoms with Crippen molar-refractivity contribution in [3.8, 4) is 0 Å². The van der Waals surface area contributed by atoms with Crippen LogP contribution < -0.4 is 0 Å². The molecule has 0 fully saturated rings. The molecule has 0 bridgehead atoms. The molecule has 0 unspecified atom stereocenters. The molecule has 0 radical (unpaired) electrons. The predicted octanol–water partition coefficient (Wildman–Crippen LogP) is 2.58. The third-order valence-corrected chi connectivity index (χ3v) is 3.27. The number of benzene rings is 1. The third-order valence-electron chi connectivity index (χ3n) is 3.27. The van der Waals surface area contributed by atoms with Crippen LogP contribution >= 0.6 is 0 Å². The SMILES string of the molecule is CCOC(=O)N1C=CN(Cc2ccc(C=CC(=O)OC)cc2)C1. The average Bonchev–Trinajstić information content (AvgIpc) is 3.02. The van der Waals surface area contributed by atoms with E-state index in [9.17, 15) is 9.59 Å². The molecule has 1 aromatic carbocycles. The Bertz CT molecular complexity index is 608. The molecule has 6 nitrogen and oxygen atoms in total. The second kappa shape index (κ2) is 8.03. The predicted molar refractivity (Wildman–Crippen MR) is 85.9 cm³/mol. The summed E-state index contributed by atoms with van der Waals surface area (Å²) in [7, 11) is 1.35. The van der Waals surface area contributed by atoms with Crippen molar-refractivity contribution in [1.82, 2.24) is 9.80 Å². The Balaban J connectivity index is 1.87. The fraction of sp³-hybridized carbons (Fsp3) is 0.294. The minimum absolute atomic E-state index is 0.338. The van der Waals surface area contributed by atoms with Gasteiger partial charge in [0.1, 0.15) is 6.67 Å². The molecule has 23 heavy (non-hydrogen) atoms. The molecule has 0 aliphatic carbocycles. The van der Waals surface area contributed by atoms with E-state index in [2.05, 4.69) is 4.74 Å². The summed E-state index contributed by atoms with van der Waals surface area (Å²) in [6.45, 7) is 3.31. The summed E-state index contributed by atoms with van der Waals surface area (Å²) in [4.78, 5) is 26.2. The van der Waals surface area contributed by atoms with Crippen LogP contribution in [0.3, 0.4) is 0 Å². The Morgan fingerprint density at radius 3 is 2.61 bits per heavy atom. The first-order chi connectivity index (χ1) is 11.1. The lowest BCUT2D eigenvalue weighted by Gasteiger charge is -2.19. The van der Waals surface area contributed by atoms with Gasteiger partial charge in [0.05, 0.1) is 13.7 Å². The van der Waals surface area contributed by atoms with Crippen LogP contribution in [0.25, 0.3) is 6.08 Å². The smallest absolute Gasteiger partial charge is 0.415 e. The number of esters is 1. The van der Waals surface area contributed by atoms with Crippen molar-refractivity contribution in [2.75, 3.05) is 20.4 Å². The van der Waals surface area contributed by atoms with E-state index < -0.39 is 0 Å². The van der Waals surface area contributed by atoms with Crippen molar-refractivity contribution in [2.24, 2.45) is 0 Å². The second-order valence-corrected chi connectivity index (χ2v) is 4.95. The van der Waals surface area contributed by atoms with E-state index in [0.29, 0.717) is 19.8 Å². The molecular formula is C17H20N2O4. The molecule has 1 heterocycles. The molecule has 1 amide bonds. The van der Waals surface area contributed by atoms with Gasteiger partial charge in [-0.25, -0.2) is 9.59 Å². The normalized spacial score (nSPS) is 13.7. The van der Waals surface area contributed by atoms with Gasteiger partial charge in [0.25, 0.3) is 0 Å². The van der Waals surface area contributed by atoms with E-state index in [0.717, 1.165) is 11.1 Å². The van der Waals surface area contributed by atoms with Crippen LogP contribution in [-0.2, 0) is 20.8 Å². The highest BCUT2D eigenvalue weighted by Gasteiger charge is 2.19. The summed E-state index contributed by atoms with van der Waals surface area (Å²) in [6, 6.07) is 7.82. The molecular weight excluding hydrogens is 296 g/mol. The zero-order valence-electron chi connectivity index (χ0n) is 13.3. The lowest BCUT2D eigenvalue weighted by molar-refractivity contribution is -0.134. The number of hydrogen-bond donors (Lipinski definition) is 0. The van der Waals surface area contributed by atoms with Crippen LogP contribution in [-0.4, -0.2) is 42.2 Å². The number of carbonyl (C=O) groups is 2. The van der Waals surface area contributed by atoms with E-state index >= 15 is 0 Å². The van der Waals surface area contributed by atoms with Crippen LogP contribution in [0, 0.1) is 0 Å². The number of ether oxygens (including phenoxy) is 2. The van der Waals surface area contributed by atoms with E-state index in [1.165, 1.54) is 18.1 Å². The van der Waals surface area contributed by atoms with Crippen molar-refractivity contribution < 1.29 is 19.1 Å². The lowest BCUT2D eigenvalue weighted by atomic mass is 10.1. The number of carbonyl (C=O) groups excluding carboxylic acids is 2. The fourth-order valence-corrected chi connectivity index (χ4v) is 2.09. The van der Waals surface area contributed by atoms with Crippen molar-refractivity contribution in [2.45, 2.75) is 13.5 Å². The van der Waals surface area contributed by atoms with Crippen molar-refractivity contribution in [3.63, 3.8) is 0 Å². The highest BCUT2D eigenvalue weighted by Crippen LogP contribution is 2.14. The molecule has 0 atom stereocenters. The van der Waals surface area contributed by atoms with E-state index in [1.807, 2.05) is 35.4 Å². The van der Waals surface area contributed by atoms with Crippen LogP contribution in [0.4, 0.5) is 4.79 Å². The van der Waals surface area contributed by atoms with Crippen LogP contribution in [0.2, 0.25) is 0 Å². The monoisotopic (exact) mass is 316 g/mol. The van der Waals surface area contributed by atoms with Gasteiger partial charge in [-0.15, -0.1) is 0 Å². The summed E-state index contributed by atoms with van der Waals surface area (Å²) in [5, 5.41) is 0. The Morgan fingerprint density at radius 1 is 1.22 bits per heavy atom. The molecule has 0 spiro atoms. The van der Waals surface area contributed by atoms with Gasteiger partial charge in [0, 0.05) is 25.0 Å². The van der Waals surface area contributed by atoms with Crippen molar-refractivity contribution in [1.29, 1.82) is 0 Å². The fourth-order valence-electron chi connectivity index (χ4n) is 2.09. The maximum atomic E-state index is 11.6. The average molecular weight is 316 g/mol. The molecule has 122 valence electrons. The van der Waals surface area contributed by atoms with Gasteiger partial charge < -0.3 is 14.4 Å². The lowest BCUT2D eigenvalue weighted by Crippen LogP contribution is -2.30. The Hall–Kier alpha value is -2.76. The first-order valence-electron chi connectivity index (χ1n) is 7.33. The minimum Gasteiger partial charge on any atom is -0.466 e. The number of methoxy groups -OCH3 is 1. The Labute approximate surface area is 135 Å². The summed E-state index contributed by atoms with van der Waals surface area (Å²) in [5.41, 5.74) is 2.03.